The molecule has 0 saturated heterocycles. The zero-order chi connectivity index (χ0) is 28.7. The van der Waals surface area contributed by atoms with Crippen molar-refractivity contribution in [2.75, 3.05) is 0 Å². The number of aryl methyl sites for hydroxylation is 1. The summed E-state index contributed by atoms with van der Waals surface area (Å²) in [6.45, 7) is 6.07. The van der Waals surface area contributed by atoms with Gasteiger partial charge in [0.1, 0.15) is 18.4 Å². The van der Waals surface area contributed by atoms with Gasteiger partial charge in [-0.1, -0.05) is 89.9 Å². The first-order chi connectivity index (χ1) is 19.1. The van der Waals surface area contributed by atoms with Crippen molar-refractivity contribution in [3.05, 3.63) is 106 Å². The quantitative estimate of drug-likeness (QED) is 0.151. The molecule has 0 bridgehead atoms. The van der Waals surface area contributed by atoms with Crippen molar-refractivity contribution in [3.8, 4) is 5.75 Å². The van der Waals surface area contributed by atoms with Crippen LogP contribution in [0.3, 0.4) is 0 Å². The molecule has 1 atom stereocenters. The van der Waals surface area contributed by atoms with Crippen molar-refractivity contribution in [1.82, 2.24) is 10.1 Å². The first-order valence-electron chi connectivity index (χ1n) is 12.9. The van der Waals surface area contributed by atoms with Crippen molar-refractivity contribution >= 4 is 48.8 Å². The molecular weight excluding hydrogens is 590 g/mol. The fraction of sp³-hybridized carbons (Fsp3) is 0.226. The lowest BCUT2D eigenvalue weighted by Crippen LogP contribution is -2.46. The van der Waals surface area contributed by atoms with Gasteiger partial charge in [0.15, 0.2) is 0 Å². The third kappa shape index (κ3) is 7.78. The minimum absolute atomic E-state index is 0.0691. The molecule has 4 aromatic rings. The van der Waals surface area contributed by atoms with Crippen LogP contribution in [0.4, 0.5) is 0 Å². The molecule has 0 radical (unpaired) electrons. The van der Waals surface area contributed by atoms with Crippen LogP contribution in [0, 0.1) is 12.8 Å². The summed E-state index contributed by atoms with van der Waals surface area (Å²) in [6.07, 6.45) is 1.80. The number of nitrogens with zero attached hydrogens (tertiary/aromatic N) is 1. The van der Waals surface area contributed by atoms with E-state index in [9.17, 15) is 13.2 Å². The summed E-state index contributed by atoms with van der Waals surface area (Å²) < 4.78 is 35.4. The molecule has 0 heterocycles. The minimum Gasteiger partial charge on any atom is -0.488 e. The number of ether oxygens (including phenoxy) is 1. The van der Waals surface area contributed by atoms with Gasteiger partial charge >= 0.3 is 0 Å². The van der Waals surface area contributed by atoms with Crippen molar-refractivity contribution in [2.24, 2.45) is 11.0 Å². The Bertz CT molecular complexity index is 1610. The van der Waals surface area contributed by atoms with Gasteiger partial charge in [0.05, 0.1) is 11.1 Å². The van der Waals surface area contributed by atoms with Crippen LogP contribution in [0.15, 0.2) is 99.4 Å². The van der Waals surface area contributed by atoms with E-state index in [4.69, 9.17) is 4.74 Å². The number of hydrogen-bond acceptors (Lipinski definition) is 5. The van der Waals surface area contributed by atoms with Gasteiger partial charge in [0, 0.05) is 10.0 Å². The van der Waals surface area contributed by atoms with Gasteiger partial charge in [0.25, 0.3) is 5.91 Å². The molecule has 2 N–H and O–H groups in total. The van der Waals surface area contributed by atoms with Gasteiger partial charge in [-0.3, -0.25) is 4.79 Å². The maximum Gasteiger partial charge on any atom is 0.258 e. The molecule has 0 aliphatic heterocycles. The molecular formula is C31H32BrN3O4S. The van der Waals surface area contributed by atoms with Crippen molar-refractivity contribution < 1.29 is 17.9 Å². The molecule has 0 fully saturated rings. The predicted molar refractivity (Wildman–Crippen MR) is 163 cm³/mol. The predicted octanol–water partition coefficient (Wildman–Crippen LogP) is 6.33. The molecule has 4 aromatic carbocycles. The Labute approximate surface area is 243 Å². The topological polar surface area (TPSA) is 96.9 Å². The highest BCUT2D eigenvalue weighted by atomic mass is 79.9. The van der Waals surface area contributed by atoms with E-state index in [1.54, 1.807) is 12.1 Å². The Morgan fingerprint density at radius 1 is 1.00 bits per heavy atom. The number of fused-ring (bicyclic) bond motifs is 1. The Hall–Kier alpha value is -3.53. The monoisotopic (exact) mass is 621 g/mol. The second-order valence-electron chi connectivity index (χ2n) is 9.96. The van der Waals surface area contributed by atoms with Crippen LogP contribution in [0.25, 0.3) is 10.8 Å². The smallest absolute Gasteiger partial charge is 0.258 e. The average Bonchev–Trinajstić information content (AvgIpc) is 2.92. The number of hydrazone groups is 1. The first kappa shape index (κ1) is 29.5. The Morgan fingerprint density at radius 3 is 2.48 bits per heavy atom. The Morgan fingerprint density at radius 2 is 1.73 bits per heavy atom. The fourth-order valence-corrected chi connectivity index (χ4v) is 5.81. The second-order valence-corrected chi connectivity index (χ2v) is 12.6. The zero-order valence-corrected chi connectivity index (χ0v) is 25.0. The van der Waals surface area contributed by atoms with Gasteiger partial charge in [-0.15, -0.1) is 0 Å². The van der Waals surface area contributed by atoms with Crippen LogP contribution in [0.5, 0.6) is 5.75 Å². The van der Waals surface area contributed by atoms with Crippen LogP contribution < -0.4 is 14.9 Å². The summed E-state index contributed by atoms with van der Waals surface area (Å²) >= 11 is 3.47. The normalized spacial score (nSPS) is 12.6. The number of benzene rings is 4. The number of amides is 1. The molecule has 208 valence electrons. The summed E-state index contributed by atoms with van der Waals surface area (Å²) in [7, 11) is -3.89. The lowest BCUT2D eigenvalue weighted by Gasteiger charge is -2.19. The molecule has 0 saturated carbocycles. The average molecular weight is 623 g/mol. The van der Waals surface area contributed by atoms with Crippen LogP contribution in [-0.4, -0.2) is 26.6 Å². The molecule has 0 unspecified atom stereocenters. The van der Waals surface area contributed by atoms with Crippen molar-refractivity contribution in [2.45, 2.75) is 44.7 Å². The number of rotatable bonds is 11. The van der Waals surface area contributed by atoms with Crippen molar-refractivity contribution in [1.29, 1.82) is 0 Å². The number of hydrogen-bond donors (Lipinski definition) is 2. The molecule has 9 heteroatoms. The molecule has 0 aliphatic carbocycles. The minimum atomic E-state index is -3.89. The van der Waals surface area contributed by atoms with Gasteiger partial charge in [-0.25, -0.2) is 13.8 Å². The van der Waals surface area contributed by atoms with E-state index in [2.05, 4.69) is 49.4 Å². The van der Waals surface area contributed by atoms with E-state index in [1.807, 2.05) is 63.2 Å². The van der Waals surface area contributed by atoms with E-state index in [-0.39, 0.29) is 10.8 Å². The van der Waals surface area contributed by atoms with Crippen LogP contribution in [-0.2, 0) is 21.4 Å². The number of nitrogens with one attached hydrogen (secondary N) is 2. The Balaban J connectivity index is 1.47. The highest BCUT2D eigenvalue weighted by Gasteiger charge is 2.26. The lowest BCUT2D eigenvalue weighted by atomic mass is 10.0. The Kier molecular flexibility index (Phi) is 9.73. The summed E-state index contributed by atoms with van der Waals surface area (Å²) in [4.78, 5) is 13.1. The first-order valence-corrected chi connectivity index (χ1v) is 15.2. The lowest BCUT2D eigenvalue weighted by molar-refractivity contribution is -0.123. The maximum atomic E-state index is 13.0. The second kappa shape index (κ2) is 13.2. The number of carbonyl (C=O) groups excluding carboxylic acids is 1. The zero-order valence-electron chi connectivity index (χ0n) is 22.6. The summed E-state index contributed by atoms with van der Waals surface area (Å²) in [5, 5.41) is 6.39. The number of sulfonamides is 1. The molecule has 1 amide bonds. The van der Waals surface area contributed by atoms with Gasteiger partial charge in [-0.05, 0) is 65.9 Å². The van der Waals surface area contributed by atoms with Crippen molar-refractivity contribution in [3.63, 3.8) is 0 Å². The van der Waals surface area contributed by atoms with Crippen LogP contribution >= 0.6 is 15.9 Å². The largest absolute Gasteiger partial charge is 0.488 e. The molecule has 4 rings (SSSR count). The number of halogens is 1. The molecule has 0 aromatic heterocycles. The van der Waals surface area contributed by atoms with E-state index in [0.717, 1.165) is 26.4 Å². The third-order valence-electron chi connectivity index (χ3n) is 6.27. The summed E-state index contributed by atoms with van der Waals surface area (Å²) in [6, 6.07) is 25.2. The standard InChI is InChI=1S/C31H32BrN3O4S/c1-21(2)17-29(35-40(37,38)27-14-11-22(3)12-15-27)31(36)34-33-19-25-18-26(32)13-16-30(25)39-20-24-9-6-8-23-7-4-5-10-28(23)24/h4-16,18-19,21,29,35H,17,20H2,1-3H3,(H,34,36)/b33-19-/t29-/m1/s1. The molecule has 40 heavy (non-hydrogen) atoms. The van der Waals surface area contributed by atoms with E-state index < -0.39 is 22.0 Å². The van der Waals surface area contributed by atoms with Gasteiger partial charge in [-0.2, -0.15) is 9.82 Å². The third-order valence-corrected chi connectivity index (χ3v) is 8.25. The SMILES string of the molecule is Cc1ccc(S(=O)(=O)N[C@H](CC(C)C)C(=O)N/N=C\c2cc(Br)ccc2OCc2cccc3ccccc23)cc1. The summed E-state index contributed by atoms with van der Waals surface area (Å²) in [5.74, 6) is 0.112. The number of carbonyl (C=O) groups is 1. The van der Waals surface area contributed by atoms with Gasteiger partial charge < -0.3 is 4.74 Å². The van der Waals surface area contributed by atoms with E-state index >= 15 is 0 Å². The molecule has 0 spiro atoms. The highest BCUT2D eigenvalue weighted by Crippen LogP contribution is 2.25. The fourth-order valence-electron chi connectivity index (χ4n) is 4.22. The maximum absolute atomic E-state index is 13.0. The van der Waals surface area contributed by atoms with Crippen LogP contribution in [0.1, 0.15) is 37.0 Å². The molecule has 0 aliphatic rings. The summed E-state index contributed by atoms with van der Waals surface area (Å²) in [5.41, 5.74) is 5.14. The van der Waals surface area contributed by atoms with Gasteiger partial charge in [0.2, 0.25) is 10.0 Å². The highest BCUT2D eigenvalue weighted by molar-refractivity contribution is 9.10. The van der Waals surface area contributed by atoms with E-state index in [0.29, 0.717) is 24.3 Å². The molecule has 7 nitrogen and oxygen atoms in total. The van der Waals surface area contributed by atoms with Crippen LogP contribution in [0.2, 0.25) is 0 Å². The van der Waals surface area contributed by atoms with E-state index in [1.165, 1.54) is 18.3 Å².